The van der Waals surface area contributed by atoms with Crippen molar-refractivity contribution >= 4 is 5.97 Å². The molecular weight excluding hydrogens is 166 g/mol. The van der Waals surface area contributed by atoms with Gasteiger partial charge in [0.1, 0.15) is 0 Å². The maximum atomic E-state index is 10.5. The third-order valence-corrected chi connectivity index (χ3v) is 1.99. The summed E-state index contributed by atoms with van der Waals surface area (Å²) in [6.07, 6.45) is 0.788. The van der Waals surface area contributed by atoms with Gasteiger partial charge in [0.25, 0.3) is 0 Å². The number of benzene rings is 1. The molecule has 2 N–H and O–H groups in total. The van der Waals surface area contributed by atoms with Gasteiger partial charge < -0.3 is 15.6 Å². The van der Waals surface area contributed by atoms with Gasteiger partial charge in [0, 0.05) is 6.04 Å². The molecule has 0 aromatic heterocycles. The van der Waals surface area contributed by atoms with Crippen LogP contribution in [0.15, 0.2) is 24.3 Å². The van der Waals surface area contributed by atoms with E-state index >= 15 is 0 Å². The zero-order valence-electron chi connectivity index (χ0n) is 7.49. The van der Waals surface area contributed by atoms with Crippen LogP contribution in [0.25, 0.3) is 0 Å². The molecule has 0 saturated heterocycles. The van der Waals surface area contributed by atoms with E-state index < -0.39 is 5.97 Å². The molecule has 3 heteroatoms. The molecule has 3 nitrogen and oxygen atoms in total. The van der Waals surface area contributed by atoms with E-state index in [-0.39, 0.29) is 11.6 Å². The Morgan fingerprint density at radius 1 is 1.62 bits per heavy atom. The summed E-state index contributed by atoms with van der Waals surface area (Å²) in [5.74, 6) is -1.16. The molecule has 1 atom stereocenters. The van der Waals surface area contributed by atoms with Crippen LogP contribution in [0, 0.1) is 0 Å². The highest BCUT2D eigenvalue weighted by atomic mass is 16.4. The molecule has 70 valence electrons. The summed E-state index contributed by atoms with van der Waals surface area (Å²) in [6, 6.07) is 6.46. The summed E-state index contributed by atoms with van der Waals surface area (Å²) in [7, 11) is 0. The first-order valence-electron chi connectivity index (χ1n) is 4.22. The van der Waals surface area contributed by atoms with Gasteiger partial charge in [-0.3, -0.25) is 0 Å². The minimum absolute atomic E-state index is 0.0979. The molecule has 1 aromatic carbocycles. The second-order valence-corrected chi connectivity index (χ2v) is 2.93. The topological polar surface area (TPSA) is 66.2 Å². The Bertz CT molecular complexity index is 310. The van der Waals surface area contributed by atoms with E-state index in [0.29, 0.717) is 0 Å². The smallest absolute Gasteiger partial charge is 0.0715 e. The lowest BCUT2D eigenvalue weighted by Gasteiger charge is -2.10. The van der Waals surface area contributed by atoms with Crippen LogP contribution >= 0.6 is 0 Å². The molecule has 0 radical (unpaired) electrons. The fraction of sp³-hybridized carbons (Fsp3) is 0.300. The van der Waals surface area contributed by atoms with Crippen molar-refractivity contribution < 1.29 is 9.90 Å². The monoisotopic (exact) mass is 178 g/mol. The average molecular weight is 178 g/mol. The molecule has 0 bridgehead atoms. The van der Waals surface area contributed by atoms with E-state index in [1.165, 1.54) is 6.07 Å². The highest BCUT2D eigenvalue weighted by Crippen LogP contribution is 2.14. The van der Waals surface area contributed by atoms with Gasteiger partial charge in [-0.1, -0.05) is 25.1 Å². The van der Waals surface area contributed by atoms with Gasteiger partial charge in [-0.05, 0) is 23.6 Å². The minimum atomic E-state index is -1.16. The lowest BCUT2D eigenvalue weighted by molar-refractivity contribution is -0.255. The van der Waals surface area contributed by atoms with E-state index in [0.717, 1.165) is 12.0 Å². The van der Waals surface area contributed by atoms with Gasteiger partial charge in [-0.25, -0.2) is 0 Å². The van der Waals surface area contributed by atoms with Crippen molar-refractivity contribution in [2.24, 2.45) is 5.73 Å². The summed E-state index contributed by atoms with van der Waals surface area (Å²) < 4.78 is 0. The zero-order valence-corrected chi connectivity index (χ0v) is 7.49. The van der Waals surface area contributed by atoms with Crippen molar-refractivity contribution in [2.45, 2.75) is 19.4 Å². The van der Waals surface area contributed by atoms with Crippen molar-refractivity contribution in [1.82, 2.24) is 0 Å². The SMILES string of the molecule is CCC(N)c1cccc(C(=O)[O-])c1. The Labute approximate surface area is 77.2 Å². The molecule has 0 aliphatic rings. The third-order valence-electron chi connectivity index (χ3n) is 1.99. The Kier molecular flexibility index (Phi) is 3.03. The predicted octanol–water partition coefficient (Wildman–Crippen LogP) is 0.460. The summed E-state index contributed by atoms with van der Waals surface area (Å²) >= 11 is 0. The van der Waals surface area contributed by atoms with Crippen LogP contribution in [0.4, 0.5) is 0 Å². The van der Waals surface area contributed by atoms with Gasteiger partial charge in [0.15, 0.2) is 0 Å². The maximum Gasteiger partial charge on any atom is 0.0715 e. The zero-order chi connectivity index (χ0) is 9.84. The summed E-state index contributed by atoms with van der Waals surface area (Å²) in [6.45, 7) is 1.95. The van der Waals surface area contributed by atoms with Gasteiger partial charge in [0.05, 0.1) is 5.97 Å². The fourth-order valence-electron chi connectivity index (χ4n) is 1.13. The van der Waals surface area contributed by atoms with Crippen molar-refractivity contribution in [3.63, 3.8) is 0 Å². The van der Waals surface area contributed by atoms with E-state index in [9.17, 15) is 9.90 Å². The first-order valence-corrected chi connectivity index (χ1v) is 4.22. The molecule has 0 saturated carbocycles. The number of hydrogen-bond acceptors (Lipinski definition) is 3. The first-order chi connectivity index (χ1) is 6.15. The summed E-state index contributed by atoms with van der Waals surface area (Å²) in [5.41, 5.74) is 6.77. The largest absolute Gasteiger partial charge is 0.545 e. The van der Waals surface area contributed by atoms with E-state index in [1.54, 1.807) is 12.1 Å². The lowest BCUT2D eigenvalue weighted by atomic mass is 10.0. The highest BCUT2D eigenvalue weighted by Gasteiger charge is 2.03. The third kappa shape index (κ3) is 2.29. The molecule has 0 heterocycles. The first kappa shape index (κ1) is 9.74. The fourth-order valence-corrected chi connectivity index (χ4v) is 1.13. The number of aromatic carboxylic acids is 1. The summed E-state index contributed by atoms with van der Waals surface area (Å²) in [4.78, 5) is 10.5. The molecule has 1 rings (SSSR count). The Hall–Kier alpha value is -1.35. The van der Waals surface area contributed by atoms with E-state index in [4.69, 9.17) is 5.73 Å². The van der Waals surface area contributed by atoms with Crippen LogP contribution in [-0.2, 0) is 0 Å². The molecule has 0 fully saturated rings. The number of carboxylic acids is 1. The molecule has 0 aliphatic heterocycles. The predicted molar refractivity (Wildman–Crippen MR) is 48.0 cm³/mol. The second-order valence-electron chi connectivity index (χ2n) is 2.93. The molecule has 13 heavy (non-hydrogen) atoms. The Balaban J connectivity index is 2.98. The van der Waals surface area contributed by atoms with Crippen LogP contribution < -0.4 is 10.8 Å². The molecule has 1 unspecified atom stereocenters. The summed E-state index contributed by atoms with van der Waals surface area (Å²) in [5, 5.41) is 10.5. The lowest BCUT2D eigenvalue weighted by Crippen LogP contribution is -2.22. The van der Waals surface area contributed by atoms with Crippen molar-refractivity contribution in [3.05, 3.63) is 35.4 Å². The number of carbonyl (C=O) groups excluding carboxylic acids is 1. The molecular formula is C10H12NO2-. The molecule has 1 aromatic rings. The normalized spacial score (nSPS) is 12.5. The number of rotatable bonds is 3. The van der Waals surface area contributed by atoms with Crippen molar-refractivity contribution in [3.8, 4) is 0 Å². The van der Waals surface area contributed by atoms with Gasteiger partial charge in [0.2, 0.25) is 0 Å². The van der Waals surface area contributed by atoms with Crippen LogP contribution in [0.5, 0.6) is 0 Å². The van der Waals surface area contributed by atoms with Gasteiger partial charge >= 0.3 is 0 Å². The maximum absolute atomic E-state index is 10.5. The molecule has 0 aliphatic carbocycles. The quantitative estimate of drug-likeness (QED) is 0.731. The molecule has 0 amide bonds. The standard InChI is InChI=1S/C10H13NO2/c1-2-9(11)7-4-3-5-8(6-7)10(12)13/h3-6,9H,2,11H2,1H3,(H,12,13)/p-1. The Morgan fingerprint density at radius 3 is 2.85 bits per heavy atom. The number of carboxylic acid groups (broad SMARTS) is 1. The second kappa shape index (κ2) is 4.05. The number of nitrogens with two attached hydrogens (primary N) is 1. The van der Waals surface area contributed by atoms with Crippen LogP contribution in [-0.4, -0.2) is 5.97 Å². The van der Waals surface area contributed by atoms with Crippen molar-refractivity contribution in [1.29, 1.82) is 0 Å². The Morgan fingerprint density at radius 2 is 2.31 bits per heavy atom. The minimum Gasteiger partial charge on any atom is -0.545 e. The van der Waals surface area contributed by atoms with Crippen LogP contribution in [0.3, 0.4) is 0 Å². The van der Waals surface area contributed by atoms with Gasteiger partial charge in [-0.15, -0.1) is 0 Å². The molecule has 0 spiro atoms. The highest BCUT2D eigenvalue weighted by molar-refractivity contribution is 5.85. The van der Waals surface area contributed by atoms with E-state index in [2.05, 4.69) is 0 Å². The van der Waals surface area contributed by atoms with Crippen LogP contribution in [0.1, 0.15) is 35.3 Å². The van der Waals surface area contributed by atoms with E-state index in [1.807, 2.05) is 13.0 Å². The van der Waals surface area contributed by atoms with Crippen LogP contribution in [0.2, 0.25) is 0 Å². The van der Waals surface area contributed by atoms with Crippen molar-refractivity contribution in [2.75, 3.05) is 0 Å². The number of carbonyl (C=O) groups is 1. The number of hydrogen-bond donors (Lipinski definition) is 1. The van der Waals surface area contributed by atoms with Gasteiger partial charge in [-0.2, -0.15) is 0 Å². The average Bonchev–Trinajstić information content (AvgIpc) is 2.17.